The summed E-state index contributed by atoms with van der Waals surface area (Å²) in [4.78, 5) is 39.9. The summed E-state index contributed by atoms with van der Waals surface area (Å²) in [5.41, 5.74) is -3.52. The van der Waals surface area contributed by atoms with Crippen LogP contribution in [-0.4, -0.2) is 93.8 Å². The molecule has 5 rings (SSSR count). The van der Waals surface area contributed by atoms with Crippen LogP contribution in [0.4, 0.5) is 0 Å². The first-order chi connectivity index (χ1) is 19.0. The van der Waals surface area contributed by atoms with Crippen molar-refractivity contribution >= 4 is 17.3 Å². The summed E-state index contributed by atoms with van der Waals surface area (Å²) in [6.45, 7) is 0.631. The Balaban J connectivity index is 1.68. The predicted octanol–water partition coefficient (Wildman–Crippen LogP) is 0.262. The molecule has 2 aliphatic carbocycles. The fourth-order valence-corrected chi connectivity index (χ4v) is 6.00. The zero-order chi connectivity index (χ0) is 29.1. The normalized spacial score (nSPS) is 29.4. The van der Waals surface area contributed by atoms with Crippen molar-refractivity contribution in [2.24, 2.45) is 0 Å². The van der Waals surface area contributed by atoms with Crippen LogP contribution in [-0.2, 0) is 20.7 Å². The fourth-order valence-electron chi connectivity index (χ4n) is 6.00. The maximum atomic E-state index is 13.7. The van der Waals surface area contributed by atoms with Gasteiger partial charge in [-0.25, -0.2) is 0 Å². The number of aliphatic hydroxyl groups excluding tert-OH is 2. The van der Waals surface area contributed by atoms with Crippen LogP contribution >= 0.6 is 0 Å². The zero-order valence-electron chi connectivity index (χ0n) is 22.1. The van der Waals surface area contributed by atoms with E-state index in [1.54, 1.807) is 14.0 Å². The van der Waals surface area contributed by atoms with Crippen LogP contribution in [0.3, 0.4) is 0 Å². The number of ether oxygens (including phenoxy) is 3. The molecule has 0 amide bonds. The molecule has 0 unspecified atom stereocenters. The molecule has 2 aromatic rings. The minimum atomic E-state index is -2.23. The predicted molar refractivity (Wildman–Crippen MR) is 137 cm³/mol. The highest BCUT2D eigenvalue weighted by Crippen LogP contribution is 2.52. The molecule has 0 spiro atoms. The van der Waals surface area contributed by atoms with E-state index in [9.17, 15) is 39.9 Å². The third-order valence-electron chi connectivity index (χ3n) is 8.13. The molecule has 6 atom stereocenters. The second kappa shape index (κ2) is 10.2. The smallest absolute Gasteiger partial charge is 0.202 e. The summed E-state index contributed by atoms with van der Waals surface area (Å²) in [5, 5.41) is 57.1. The summed E-state index contributed by atoms with van der Waals surface area (Å²) >= 11 is 0. The van der Waals surface area contributed by atoms with Gasteiger partial charge < -0.3 is 45.1 Å². The lowest BCUT2D eigenvalue weighted by molar-refractivity contribution is -0.249. The maximum Gasteiger partial charge on any atom is 0.202 e. The van der Waals surface area contributed by atoms with E-state index in [2.05, 4.69) is 5.32 Å². The van der Waals surface area contributed by atoms with Crippen molar-refractivity contribution in [2.45, 2.75) is 62.4 Å². The summed E-state index contributed by atoms with van der Waals surface area (Å²) in [6.07, 6.45) is -4.66. The number of carbonyl (C=O) groups is 3. The first-order valence-corrected chi connectivity index (χ1v) is 12.9. The van der Waals surface area contributed by atoms with E-state index in [0.717, 1.165) is 0 Å². The van der Waals surface area contributed by atoms with E-state index >= 15 is 0 Å². The van der Waals surface area contributed by atoms with Gasteiger partial charge in [-0.2, -0.15) is 0 Å². The number of ketones is 3. The maximum absolute atomic E-state index is 13.7. The molecule has 214 valence electrons. The third kappa shape index (κ3) is 4.19. The Morgan fingerprint density at radius 3 is 2.50 bits per heavy atom. The Morgan fingerprint density at radius 2 is 1.85 bits per heavy atom. The molecule has 12 nitrogen and oxygen atoms in total. The molecule has 0 aromatic heterocycles. The monoisotopic (exact) mass is 557 g/mol. The molecule has 12 heteroatoms. The lowest BCUT2D eigenvalue weighted by Crippen LogP contribution is -2.53. The summed E-state index contributed by atoms with van der Waals surface area (Å²) in [6, 6.07) is 3.96. The number of hydrogen-bond donors (Lipinski definition) is 6. The number of phenols is 2. The Morgan fingerprint density at radius 1 is 1.15 bits per heavy atom. The van der Waals surface area contributed by atoms with Crippen LogP contribution in [0.15, 0.2) is 18.2 Å². The Hall–Kier alpha value is -3.39. The van der Waals surface area contributed by atoms with Crippen LogP contribution in [0.5, 0.6) is 17.2 Å². The average Bonchev–Trinajstić information content (AvgIpc) is 2.94. The van der Waals surface area contributed by atoms with Gasteiger partial charge in [0.1, 0.15) is 29.5 Å². The molecule has 3 aliphatic rings. The van der Waals surface area contributed by atoms with Gasteiger partial charge in [0.05, 0.1) is 42.1 Å². The zero-order valence-corrected chi connectivity index (χ0v) is 22.1. The molecule has 0 bridgehead atoms. The number of aliphatic hydroxyl groups is 3. The van der Waals surface area contributed by atoms with Crippen molar-refractivity contribution in [3.63, 3.8) is 0 Å². The third-order valence-corrected chi connectivity index (χ3v) is 8.13. The molecule has 40 heavy (non-hydrogen) atoms. The van der Waals surface area contributed by atoms with Gasteiger partial charge in [-0.1, -0.05) is 12.1 Å². The minimum absolute atomic E-state index is 0.0435. The molecule has 1 heterocycles. The van der Waals surface area contributed by atoms with Crippen LogP contribution in [0, 0.1) is 0 Å². The van der Waals surface area contributed by atoms with Crippen molar-refractivity contribution < 1.29 is 54.1 Å². The lowest BCUT2D eigenvalue weighted by Gasteiger charge is -2.42. The van der Waals surface area contributed by atoms with E-state index < -0.39 is 95.7 Å². The van der Waals surface area contributed by atoms with Crippen LogP contribution in [0.25, 0.3) is 0 Å². The molecular formula is C28H31NO11. The molecule has 6 N–H and O–H groups in total. The second-order valence-electron chi connectivity index (χ2n) is 10.4. The number of likely N-dealkylation sites (N-methyl/N-ethyl adjacent to an activating group) is 1. The molecule has 1 fully saturated rings. The van der Waals surface area contributed by atoms with E-state index in [0.29, 0.717) is 0 Å². The van der Waals surface area contributed by atoms with E-state index in [4.69, 9.17) is 14.2 Å². The standard InChI is InChI=1S/C28H31NO11/c1-11-23(32)14(29-2)7-18(39-11)40-16-9-28(37,17(31)10-30)8-13-20(16)27(36)22-21(25(13)34)24(33)12-5-4-6-15(38-3)19(12)26(22)35/h4-6,11,14,16,18,23,29-30,32,34,36-37H,7-10H2,1-3H3/t11-,14-,16-,18+,23+,28-/m0/s1. The first kappa shape index (κ1) is 28.1. The Kier molecular flexibility index (Phi) is 7.19. The Bertz CT molecular complexity index is 1410. The van der Waals surface area contributed by atoms with Gasteiger partial charge in [-0.05, 0) is 20.0 Å². The average molecular weight is 558 g/mol. The number of fused-ring (bicyclic) bond motifs is 3. The number of aromatic hydroxyl groups is 2. The molecule has 0 radical (unpaired) electrons. The van der Waals surface area contributed by atoms with Gasteiger partial charge in [-0.3, -0.25) is 14.4 Å². The number of benzene rings is 2. The number of carbonyl (C=O) groups excluding carboxylic acids is 3. The number of rotatable bonds is 6. The van der Waals surface area contributed by atoms with Gasteiger partial charge in [0.2, 0.25) is 5.78 Å². The summed E-state index contributed by atoms with van der Waals surface area (Å²) in [7, 11) is 2.99. The van der Waals surface area contributed by atoms with Crippen molar-refractivity contribution in [2.75, 3.05) is 20.8 Å². The minimum Gasteiger partial charge on any atom is -0.507 e. The van der Waals surface area contributed by atoms with Gasteiger partial charge in [-0.15, -0.1) is 0 Å². The lowest BCUT2D eigenvalue weighted by atomic mass is 9.72. The number of Topliss-reactive ketones (excluding diaryl/α,β-unsaturated/α-hetero) is 1. The molecule has 1 saturated heterocycles. The first-order valence-electron chi connectivity index (χ1n) is 12.9. The largest absolute Gasteiger partial charge is 0.507 e. The van der Waals surface area contributed by atoms with Crippen molar-refractivity contribution in [1.29, 1.82) is 0 Å². The Labute approximate surface area is 229 Å². The second-order valence-corrected chi connectivity index (χ2v) is 10.4. The van der Waals surface area contributed by atoms with Gasteiger partial charge in [0.25, 0.3) is 0 Å². The van der Waals surface area contributed by atoms with Crippen LogP contribution < -0.4 is 10.1 Å². The highest BCUT2D eigenvalue weighted by molar-refractivity contribution is 6.31. The van der Waals surface area contributed by atoms with Crippen molar-refractivity contribution in [3.8, 4) is 17.2 Å². The van der Waals surface area contributed by atoms with Gasteiger partial charge in [0.15, 0.2) is 17.9 Å². The topological polar surface area (TPSA) is 192 Å². The summed E-state index contributed by atoms with van der Waals surface area (Å²) in [5.74, 6) is -3.69. The van der Waals surface area contributed by atoms with E-state index in [1.807, 2.05) is 0 Å². The molecule has 2 aromatic carbocycles. The SMILES string of the molecule is CN[C@H]1C[C@@H](O[C@H]2C[C@](O)(C(=O)CO)Cc3c(O)c4c(c(O)c32)C(=O)c2c(OC)cccc2C4=O)O[C@@H](C)[C@H]1O. The molecule has 1 aliphatic heterocycles. The van der Waals surface area contributed by atoms with Crippen molar-refractivity contribution in [3.05, 3.63) is 51.6 Å². The quantitative estimate of drug-likeness (QED) is 0.227. The van der Waals surface area contributed by atoms with Crippen molar-refractivity contribution in [1.82, 2.24) is 5.32 Å². The number of nitrogens with one attached hydrogen (secondary N) is 1. The number of methoxy groups -OCH3 is 1. The molecular weight excluding hydrogens is 526 g/mol. The van der Waals surface area contributed by atoms with E-state index in [1.165, 1.54) is 25.3 Å². The summed E-state index contributed by atoms with van der Waals surface area (Å²) < 4.78 is 17.2. The highest BCUT2D eigenvalue weighted by atomic mass is 16.7. The highest BCUT2D eigenvalue weighted by Gasteiger charge is 2.50. The van der Waals surface area contributed by atoms with E-state index in [-0.39, 0.29) is 34.4 Å². The van der Waals surface area contributed by atoms with Crippen LogP contribution in [0.1, 0.15) is 68.8 Å². The van der Waals surface area contributed by atoms with Gasteiger partial charge >= 0.3 is 0 Å². The molecule has 0 saturated carbocycles. The van der Waals surface area contributed by atoms with Crippen LogP contribution in [0.2, 0.25) is 0 Å². The van der Waals surface area contributed by atoms with Gasteiger partial charge in [0, 0.05) is 42.0 Å². The fraction of sp³-hybridized carbons (Fsp3) is 0.464. The number of hydrogen-bond acceptors (Lipinski definition) is 12. The number of phenolic OH excluding ortho intramolecular Hbond substituents is 2.